The number of allylic oxidation sites excluding steroid dienone is 1. The molecule has 0 aromatic rings. The van der Waals surface area contributed by atoms with Crippen molar-refractivity contribution in [3.8, 4) is 0 Å². The standard InChI is InChI=1S/C18H37NO2.H3O4P/c1-2-3-4-5-6-7-8-9-10-11-12-13-14-15-18(21)17(19)16-20;1-5(2,3)4/h14-15,17-18,20-21H,2-13,16,19H2,1H3;(H3,1,2,3,4). The molecule has 0 aromatic heterocycles. The van der Waals surface area contributed by atoms with Crippen LogP contribution in [0.25, 0.3) is 0 Å². The molecule has 0 aliphatic heterocycles. The molecule has 0 aliphatic rings. The number of phosphoric acid groups is 1. The molecule has 2 unspecified atom stereocenters. The van der Waals surface area contributed by atoms with Crippen LogP contribution in [0.4, 0.5) is 0 Å². The minimum Gasteiger partial charge on any atom is -0.395 e. The van der Waals surface area contributed by atoms with Crippen molar-refractivity contribution >= 4 is 7.82 Å². The third-order valence-electron chi connectivity index (χ3n) is 3.96. The Kier molecular flexibility index (Phi) is 20.9. The lowest BCUT2D eigenvalue weighted by Crippen LogP contribution is -2.36. The zero-order valence-corrected chi connectivity index (χ0v) is 17.1. The maximum absolute atomic E-state index is 9.52. The summed E-state index contributed by atoms with van der Waals surface area (Å²) in [6.07, 6.45) is 18.8. The largest absolute Gasteiger partial charge is 0.466 e. The lowest BCUT2D eigenvalue weighted by Gasteiger charge is -2.11. The van der Waals surface area contributed by atoms with Crippen LogP contribution in [0.2, 0.25) is 0 Å². The first-order valence-corrected chi connectivity index (χ1v) is 11.3. The van der Waals surface area contributed by atoms with Gasteiger partial charge < -0.3 is 30.6 Å². The van der Waals surface area contributed by atoms with E-state index >= 15 is 0 Å². The van der Waals surface area contributed by atoms with E-state index in [1.807, 2.05) is 6.08 Å². The van der Waals surface area contributed by atoms with Gasteiger partial charge in [-0.1, -0.05) is 83.3 Å². The number of hydrogen-bond acceptors (Lipinski definition) is 4. The van der Waals surface area contributed by atoms with Crippen molar-refractivity contribution in [2.75, 3.05) is 6.61 Å². The maximum atomic E-state index is 9.52. The summed E-state index contributed by atoms with van der Waals surface area (Å²) >= 11 is 0. The van der Waals surface area contributed by atoms with E-state index in [4.69, 9.17) is 30.1 Å². The second-order valence-corrected chi connectivity index (χ2v) is 7.63. The van der Waals surface area contributed by atoms with Crippen molar-refractivity contribution in [3.63, 3.8) is 0 Å². The summed E-state index contributed by atoms with van der Waals surface area (Å²) < 4.78 is 8.88. The molecule has 0 spiro atoms. The van der Waals surface area contributed by atoms with Gasteiger partial charge in [-0.05, 0) is 12.8 Å². The van der Waals surface area contributed by atoms with Crippen LogP contribution >= 0.6 is 7.82 Å². The Morgan fingerprint density at radius 2 is 1.27 bits per heavy atom. The molecule has 0 saturated heterocycles. The van der Waals surface area contributed by atoms with Crippen molar-refractivity contribution in [3.05, 3.63) is 12.2 Å². The Labute approximate surface area is 158 Å². The van der Waals surface area contributed by atoms with Crippen LogP contribution in [0.3, 0.4) is 0 Å². The Balaban J connectivity index is 0. The van der Waals surface area contributed by atoms with E-state index in [9.17, 15) is 5.11 Å². The first-order valence-electron chi connectivity index (χ1n) is 9.71. The van der Waals surface area contributed by atoms with Crippen LogP contribution in [-0.2, 0) is 4.57 Å². The third-order valence-corrected chi connectivity index (χ3v) is 3.96. The van der Waals surface area contributed by atoms with Crippen molar-refractivity contribution in [2.45, 2.75) is 96.1 Å². The van der Waals surface area contributed by atoms with Gasteiger partial charge in [0.15, 0.2) is 0 Å². The molecule has 0 amide bonds. The van der Waals surface area contributed by atoms with Gasteiger partial charge in [0.05, 0.1) is 18.8 Å². The normalized spacial score (nSPS) is 14.1. The smallest absolute Gasteiger partial charge is 0.395 e. The fraction of sp³-hybridized carbons (Fsp3) is 0.889. The summed E-state index contributed by atoms with van der Waals surface area (Å²) in [6, 6.07) is -0.557. The first kappa shape index (κ1) is 27.9. The van der Waals surface area contributed by atoms with Crippen molar-refractivity contribution in [1.29, 1.82) is 0 Å². The van der Waals surface area contributed by atoms with Gasteiger partial charge in [0.1, 0.15) is 0 Å². The molecule has 0 radical (unpaired) electrons. The molecule has 7 nitrogen and oxygen atoms in total. The van der Waals surface area contributed by atoms with Crippen LogP contribution in [0.1, 0.15) is 84.0 Å². The molecule has 0 fully saturated rings. The van der Waals surface area contributed by atoms with Gasteiger partial charge in [-0.25, -0.2) is 4.57 Å². The molecular weight excluding hydrogens is 357 g/mol. The molecule has 158 valence electrons. The molecule has 0 rings (SSSR count). The van der Waals surface area contributed by atoms with Gasteiger partial charge in [-0.2, -0.15) is 0 Å². The lowest BCUT2D eigenvalue weighted by atomic mass is 10.0. The van der Waals surface area contributed by atoms with Gasteiger partial charge in [-0.15, -0.1) is 0 Å². The lowest BCUT2D eigenvalue weighted by molar-refractivity contribution is 0.144. The molecule has 0 bridgehead atoms. The summed E-state index contributed by atoms with van der Waals surface area (Å²) in [5.74, 6) is 0. The van der Waals surface area contributed by atoms with Crippen LogP contribution in [0, 0.1) is 0 Å². The van der Waals surface area contributed by atoms with E-state index in [0.29, 0.717) is 0 Å². The molecule has 8 heteroatoms. The van der Waals surface area contributed by atoms with Gasteiger partial charge in [0.25, 0.3) is 0 Å². The van der Waals surface area contributed by atoms with Gasteiger partial charge in [0, 0.05) is 0 Å². The number of rotatable bonds is 15. The monoisotopic (exact) mass is 397 g/mol. The summed E-state index contributed by atoms with van der Waals surface area (Å²) in [4.78, 5) is 21.6. The summed E-state index contributed by atoms with van der Waals surface area (Å²) in [5.41, 5.74) is 5.51. The van der Waals surface area contributed by atoms with E-state index in [-0.39, 0.29) is 6.61 Å². The van der Waals surface area contributed by atoms with Crippen molar-refractivity contribution in [1.82, 2.24) is 0 Å². The minimum absolute atomic E-state index is 0.177. The topological polar surface area (TPSA) is 144 Å². The van der Waals surface area contributed by atoms with Crippen molar-refractivity contribution in [2.24, 2.45) is 5.73 Å². The summed E-state index contributed by atoms with van der Waals surface area (Å²) in [6.45, 7) is 2.08. The number of aliphatic hydroxyl groups excluding tert-OH is 2. The molecule has 0 aliphatic carbocycles. The zero-order chi connectivity index (χ0) is 20.3. The molecule has 7 N–H and O–H groups in total. The van der Waals surface area contributed by atoms with Gasteiger partial charge in [-0.3, -0.25) is 0 Å². The average Bonchev–Trinajstić information content (AvgIpc) is 2.56. The molecule has 0 aromatic carbocycles. The van der Waals surface area contributed by atoms with Gasteiger partial charge in [0.2, 0.25) is 0 Å². The van der Waals surface area contributed by atoms with E-state index in [0.717, 1.165) is 6.42 Å². The van der Waals surface area contributed by atoms with Crippen LogP contribution in [0.15, 0.2) is 12.2 Å². The predicted molar refractivity (Wildman–Crippen MR) is 106 cm³/mol. The van der Waals surface area contributed by atoms with Crippen LogP contribution in [-0.4, -0.2) is 43.6 Å². The summed E-state index contributed by atoms with van der Waals surface area (Å²) in [5, 5.41) is 18.3. The van der Waals surface area contributed by atoms with Crippen molar-refractivity contribution < 1.29 is 29.5 Å². The van der Waals surface area contributed by atoms with Crippen LogP contribution in [0.5, 0.6) is 0 Å². The number of unbranched alkanes of at least 4 members (excludes halogenated alkanes) is 11. The van der Waals surface area contributed by atoms with Gasteiger partial charge >= 0.3 is 7.82 Å². The molecule has 0 heterocycles. The van der Waals surface area contributed by atoms with Crippen LogP contribution < -0.4 is 5.73 Å². The predicted octanol–water partition coefficient (Wildman–Crippen LogP) is 3.00. The Morgan fingerprint density at radius 3 is 1.65 bits per heavy atom. The second-order valence-electron chi connectivity index (χ2n) is 6.60. The van der Waals surface area contributed by atoms with E-state index < -0.39 is 20.0 Å². The minimum atomic E-state index is -4.64. The fourth-order valence-corrected chi connectivity index (χ4v) is 2.41. The number of nitrogens with two attached hydrogens (primary N) is 1. The van der Waals surface area contributed by atoms with E-state index in [1.54, 1.807) is 6.08 Å². The highest BCUT2D eigenvalue weighted by Gasteiger charge is 2.08. The molecule has 0 saturated carbocycles. The Bertz CT molecular complexity index is 353. The first-order chi connectivity index (χ1) is 12.2. The fourth-order valence-electron chi connectivity index (χ4n) is 2.41. The summed E-state index contributed by atoms with van der Waals surface area (Å²) in [7, 11) is -4.64. The quantitative estimate of drug-likeness (QED) is 0.142. The molecular formula is C18H40NO6P. The SMILES string of the molecule is CCCCCCCCCCCCCC=CC(O)C(N)CO.O=P(O)(O)O. The second kappa shape index (κ2) is 19.5. The Morgan fingerprint density at radius 1 is 0.885 bits per heavy atom. The average molecular weight is 397 g/mol. The number of hydrogen-bond donors (Lipinski definition) is 6. The van der Waals surface area contributed by atoms with E-state index in [2.05, 4.69) is 6.92 Å². The molecule has 26 heavy (non-hydrogen) atoms. The third kappa shape index (κ3) is 28.5. The highest BCUT2D eigenvalue weighted by molar-refractivity contribution is 7.45. The maximum Gasteiger partial charge on any atom is 0.466 e. The van der Waals surface area contributed by atoms with E-state index in [1.165, 1.54) is 70.6 Å². The number of aliphatic hydroxyl groups is 2. The highest BCUT2D eigenvalue weighted by atomic mass is 31.2. The zero-order valence-electron chi connectivity index (χ0n) is 16.2. The molecule has 2 atom stereocenters. The highest BCUT2D eigenvalue weighted by Crippen LogP contribution is 2.25. The Hall–Kier alpha value is -0.270.